The molecule has 104 valence electrons. The van der Waals surface area contributed by atoms with E-state index < -0.39 is 0 Å². The molecule has 1 amide bonds. The van der Waals surface area contributed by atoms with E-state index >= 15 is 0 Å². The summed E-state index contributed by atoms with van der Waals surface area (Å²) in [7, 11) is 0. The second kappa shape index (κ2) is 6.06. The molecule has 1 aliphatic rings. The highest BCUT2D eigenvalue weighted by molar-refractivity contribution is 5.89. The lowest BCUT2D eigenvalue weighted by atomic mass is 9.91. The van der Waals surface area contributed by atoms with Gasteiger partial charge in [0.2, 0.25) is 5.91 Å². The van der Waals surface area contributed by atoms with Crippen LogP contribution < -0.4 is 16.4 Å². The van der Waals surface area contributed by atoms with Crippen molar-refractivity contribution in [3.05, 3.63) is 23.8 Å². The van der Waals surface area contributed by atoms with Gasteiger partial charge in [0.25, 0.3) is 0 Å². The number of anilines is 2. The first-order chi connectivity index (χ1) is 9.04. The molecule has 1 aromatic carbocycles. The molecular weight excluding hydrogens is 238 g/mol. The highest BCUT2D eigenvalue weighted by Crippen LogP contribution is 2.25. The first-order valence-electron chi connectivity index (χ1n) is 6.95. The third-order valence-electron chi connectivity index (χ3n) is 3.69. The van der Waals surface area contributed by atoms with Gasteiger partial charge < -0.3 is 16.4 Å². The van der Waals surface area contributed by atoms with Gasteiger partial charge in [0.15, 0.2) is 0 Å². The average molecular weight is 261 g/mol. The number of hydrogen-bond acceptors (Lipinski definition) is 3. The molecule has 0 bridgehead atoms. The summed E-state index contributed by atoms with van der Waals surface area (Å²) < 4.78 is 0. The first kappa shape index (κ1) is 13.9. The Kier molecular flexibility index (Phi) is 4.43. The van der Waals surface area contributed by atoms with Crippen LogP contribution in [0, 0.1) is 6.92 Å². The summed E-state index contributed by atoms with van der Waals surface area (Å²) in [5, 5.41) is 6.39. The van der Waals surface area contributed by atoms with Gasteiger partial charge in [-0.2, -0.15) is 0 Å². The van der Waals surface area contributed by atoms with Crippen molar-refractivity contribution in [1.82, 2.24) is 0 Å². The SMILES string of the molecule is CC(=O)Nc1ccc(C)c(NC2CCC(N)CC2)c1. The maximum atomic E-state index is 11.1. The summed E-state index contributed by atoms with van der Waals surface area (Å²) in [6.45, 7) is 3.60. The zero-order valence-corrected chi connectivity index (χ0v) is 11.7. The molecule has 4 nitrogen and oxygen atoms in total. The van der Waals surface area contributed by atoms with Gasteiger partial charge in [-0.15, -0.1) is 0 Å². The van der Waals surface area contributed by atoms with E-state index in [1.54, 1.807) is 0 Å². The average Bonchev–Trinajstić information content (AvgIpc) is 2.35. The zero-order chi connectivity index (χ0) is 13.8. The molecule has 0 heterocycles. The topological polar surface area (TPSA) is 67.2 Å². The predicted octanol–water partition coefficient (Wildman–Crippen LogP) is 2.64. The highest BCUT2D eigenvalue weighted by atomic mass is 16.1. The molecule has 0 radical (unpaired) electrons. The van der Waals surface area contributed by atoms with E-state index in [2.05, 4.69) is 17.6 Å². The van der Waals surface area contributed by atoms with Crippen molar-refractivity contribution in [2.45, 2.75) is 51.6 Å². The van der Waals surface area contributed by atoms with Gasteiger partial charge >= 0.3 is 0 Å². The number of nitrogens with one attached hydrogen (secondary N) is 2. The Bertz CT molecular complexity index is 451. The molecule has 2 rings (SSSR count). The predicted molar refractivity (Wildman–Crippen MR) is 79.3 cm³/mol. The molecule has 19 heavy (non-hydrogen) atoms. The molecule has 0 atom stereocenters. The fraction of sp³-hybridized carbons (Fsp3) is 0.533. The quantitative estimate of drug-likeness (QED) is 0.783. The van der Waals surface area contributed by atoms with Crippen molar-refractivity contribution < 1.29 is 4.79 Å². The van der Waals surface area contributed by atoms with Gasteiger partial charge in [0.1, 0.15) is 0 Å². The maximum absolute atomic E-state index is 11.1. The van der Waals surface area contributed by atoms with Gasteiger partial charge in [-0.25, -0.2) is 0 Å². The van der Waals surface area contributed by atoms with Gasteiger partial charge in [0, 0.05) is 30.4 Å². The van der Waals surface area contributed by atoms with Gasteiger partial charge in [-0.05, 0) is 50.3 Å². The molecule has 1 saturated carbocycles. The van der Waals surface area contributed by atoms with Crippen LogP contribution in [0.2, 0.25) is 0 Å². The number of amides is 1. The van der Waals surface area contributed by atoms with Crippen LogP contribution in [0.5, 0.6) is 0 Å². The van der Waals surface area contributed by atoms with E-state index in [0.717, 1.165) is 37.1 Å². The summed E-state index contributed by atoms with van der Waals surface area (Å²) in [4.78, 5) is 11.1. The first-order valence-corrected chi connectivity index (χ1v) is 6.95. The van der Waals surface area contributed by atoms with E-state index in [4.69, 9.17) is 5.73 Å². The minimum absolute atomic E-state index is 0.0431. The molecule has 0 unspecified atom stereocenters. The summed E-state index contributed by atoms with van der Waals surface area (Å²) >= 11 is 0. The minimum Gasteiger partial charge on any atom is -0.382 e. The Morgan fingerprint density at radius 2 is 1.95 bits per heavy atom. The van der Waals surface area contributed by atoms with Crippen LogP contribution in [-0.4, -0.2) is 18.0 Å². The fourth-order valence-electron chi connectivity index (χ4n) is 2.54. The second-order valence-corrected chi connectivity index (χ2v) is 5.47. The van der Waals surface area contributed by atoms with E-state index in [9.17, 15) is 4.79 Å². The highest BCUT2D eigenvalue weighted by Gasteiger charge is 2.18. The molecule has 0 aromatic heterocycles. The van der Waals surface area contributed by atoms with E-state index in [-0.39, 0.29) is 5.91 Å². The van der Waals surface area contributed by atoms with Gasteiger partial charge in [-0.3, -0.25) is 4.79 Å². The Hall–Kier alpha value is -1.55. The van der Waals surface area contributed by atoms with Crippen molar-refractivity contribution >= 4 is 17.3 Å². The number of rotatable bonds is 3. The van der Waals surface area contributed by atoms with Crippen molar-refractivity contribution in [3.63, 3.8) is 0 Å². The third-order valence-corrected chi connectivity index (χ3v) is 3.69. The second-order valence-electron chi connectivity index (χ2n) is 5.47. The summed E-state index contributed by atoms with van der Waals surface area (Å²) in [6.07, 6.45) is 4.40. The van der Waals surface area contributed by atoms with Crippen molar-refractivity contribution in [2.75, 3.05) is 10.6 Å². The van der Waals surface area contributed by atoms with Crippen LogP contribution in [0.15, 0.2) is 18.2 Å². The largest absolute Gasteiger partial charge is 0.382 e. The number of nitrogens with two attached hydrogens (primary N) is 1. The van der Waals surface area contributed by atoms with Crippen LogP contribution in [0.3, 0.4) is 0 Å². The van der Waals surface area contributed by atoms with Gasteiger partial charge in [0.05, 0.1) is 0 Å². The smallest absolute Gasteiger partial charge is 0.221 e. The fourth-order valence-corrected chi connectivity index (χ4v) is 2.54. The zero-order valence-electron chi connectivity index (χ0n) is 11.7. The number of carbonyl (C=O) groups excluding carboxylic acids is 1. The van der Waals surface area contributed by atoms with Crippen LogP contribution in [-0.2, 0) is 4.79 Å². The normalized spacial score (nSPS) is 22.9. The summed E-state index contributed by atoms with van der Waals surface area (Å²) in [6, 6.07) is 6.82. The number of benzene rings is 1. The van der Waals surface area contributed by atoms with Crippen molar-refractivity contribution in [2.24, 2.45) is 5.73 Å². The molecular formula is C15H23N3O. The minimum atomic E-state index is -0.0431. The number of hydrogen-bond donors (Lipinski definition) is 3. The lowest BCUT2D eigenvalue weighted by molar-refractivity contribution is -0.114. The number of aryl methyl sites for hydroxylation is 1. The van der Waals surface area contributed by atoms with E-state index in [0.29, 0.717) is 12.1 Å². The molecule has 0 saturated heterocycles. The lowest BCUT2D eigenvalue weighted by Gasteiger charge is -2.28. The third kappa shape index (κ3) is 3.96. The molecule has 4 heteroatoms. The Morgan fingerprint density at radius 3 is 2.58 bits per heavy atom. The lowest BCUT2D eigenvalue weighted by Crippen LogP contribution is -2.32. The molecule has 1 aliphatic carbocycles. The Balaban J connectivity index is 2.04. The number of carbonyl (C=O) groups is 1. The van der Waals surface area contributed by atoms with Crippen LogP contribution in [0.1, 0.15) is 38.2 Å². The van der Waals surface area contributed by atoms with Crippen molar-refractivity contribution in [1.29, 1.82) is 0 Å². The van der Waals surface area contributed by atoms with Crippen LogP contribution >= 0.6 is 0 Å². The standard InChI is InChI=1S/C15H23N3O/c1-10-3-6-14(17-11(2)19)9-15(10)18-13-7-4-12(16)5-8-13/h3,6,9,12-13,18H,4-5,7-8,16H2,1-2H3,(H,17,19). The Morgan fingerprint density at radius 1 is 1.26 bits per heavy atom. The molecule has 1 aromatic rings. The van der Waals surface area contributed by atoms with Crippen molar-refractivity contribution in [3.8, 4) is 0 Å². The summed E-state index contributed by atoms with van der Waals surface area (Å²) in [5.74, 6) is -0.0431. The maximum Gasteiger partial charge on any atom is 0.221 e. The molecule has 1 fully saturated rings. The van der Waals surface area contributed by atoms with Gasteiger partial charge in [-0.1, -0.05) is 6.07 Å². The summed E-state index contributed by atoms with van der Waals surface area (Å²) in [5.41, 5.74) is 9.07. The van der Waals surface area contributed by atoms with Crippen LogP contribution in [0.25, 0.3) is 0 Å². The Labute approximate surface area is 114 Å². The molecule has 4 N–H and O–H groups in total. The molecule has 0 aliphatic heterocycles. The monoisotopic (exact) mass is 261 g/mol. The van der Waals surface area contributed by atoms with E-state index in [1.165, 1.54) is 12.5 Å². The molecule has 0 spiro atoms. The van der Waals surface area contributed by atoms with Crippen LogP contribution in [0.4, 0.5) is 11.4 Å². The van der Waals surface area contributed by atoms with E-state index in [1.807, 2.05) is 18.2 Å².